The van der Waals surface area contributed by atoms with Crippen molar-refractivity contribution < 1.29 is 0 Å². The monoisotopic (exact) mass is 350 g/mol. The topological polar surface area (TPSA) is 80.1 Å². The molecule has 0 unspecified atom stereocenters. The van der Waals surface area contributed by atoms with E-state index in [1.807, 2.05) is 44.2 Å². The molecule has 124 valence electrons. The molecule has 25 heavy (non-hydrogen) atoms. The highest BCUT2D eigenvalue weighted by Crippen LogP contribution is 2.25. The number of fused-ring (bicyclic) bond motifs is 2. The normalized spacial score (nSPS) is 11.8. The number of H-pyrrole nitrogens is 1. The fourth-order valence-corrected chi connectivity index (χ4v) is 3.65. The lowest BCUT2D eigenvalue weighted by molar-refractivity contribution is 0.831. The Morgan fingerprint density at radius 2 is 1.88 bits per heavy atom. The highest BCUT2D eigenvalue weighted by atomic mass is 32.1. The van der Waals surface area contributed by atoms with Crippen LogP contribution in [-0.2, 0) is 0 Å². The molecule has 0 saturated carbocycles. The van der Waals surface area contributed by atoms with Crippen LogP contribution in [0.25, 0.3) is 28.1 Å². The summed E-state index contributed by atoms with van der Waals surface area (Å²) in [6, 6.07) is 9.57. The smallest absolute Gasteiger partial charge is 0.284 e. The van der Waals surface area contributed by atoms with E-state index in [2.05, 4.69) is 15.1 Å². The Hall–Kier alpha value is -3.06. The zero-order valence-corrected chi connectivity index (χ0v) is 14.4. The summed E-state index contributed by atoms with van der Waals surface area (Å²) in [5.41, 5.74) is 1.34. The Morgan fingerprint density at radius 3 is 2.64 bits per heavy atom. The molecular weight excluding hydrogens is 336 g/mol. The van der Waals surface area contributed by atoms with Crippen LogP contribution in [0.4, 0.5) is 0 Å². The van der Waals surface area contributed by atoms with Crippen LogP contribution >= 0.6 is 11.3 Å². The molecule has 7 heteroatoms. The van der Waals surface area contributed by atoms with Crippen molar-refractivity contribution in [2.75, 3.05) is 0 Å². The van der Waals surface area contributed by atoms with Gasteiger partial charge in [0.15, 0.2) is 0 Å². The minimum absolute atomic E-state index is 0.153. The molecule has 4 aromatic rings. The number of aromatic nitrogens is 4. The lowest BCUT2D eigenvalue weighted by Crippen LogP contribution is -2.25. The molecule has 6 nitrogen and oxygen atoms in total. The Labute approximate surface area is 146 Å². The Balaban J connectivity index is 1.94. The van der Waals surface area contributed by atoms with Crippen LogP contribution in [0.15, 0.2) is 39.9 Å². The first-order valence-corrected chi connectivity index (χ1v) is 8.52. The standard InChI is InChI=1S/C18H14N4O2S/c1-10-11(2)25-16-14(10)17(24)22-18(20-16)19-15(23)13(21-22)9-8-12-6-4-3-5-7-12/h3-9H,1-2H3,(H,19,20,23)/b9-8+. The van der Waals surface area contributed by atoms with E-state index in [0.29, 0.717) is 10.2 Å². The summed E-state index contributed by atoms with van der Waals surface area (Å²) < 4.78 is 1.16. The average Bonchev–Trinajstić information content (AvgIpc) is 2.89. The van der Waals surface area contributed by atoms with Crippen molar-refractivity contribution in [3.63, 3.8) is 0 Å². The van der Waals surface area contributed by atoms with Gasteiger partial charge in [0.05, 0.1) is 5.39 Å². The summed E-state index contributed by atoms with van der Waals surface area (Å²) in [5.74, 6) is 0.153. The zero-order chi connectivity index (χ0) is 17.6. The van der Waals surface area contributed by atoms with E-state index in [1.165, 1.54) is 11.3 Å². The summed E-state index contributed by atoms with van der Waals surface area (Å²) >= 11 is 1.44. The molecule has 4 rings (SSSR count). The van der Waals surface area contributed by atoms with Gasteiger partial charge in [0.1, 0.15) is 10.5 Å². The number of nitrogens with one attached hydrogen (secondary N) is 1. The maximum atomic E-state index is 12.8. The van der Waals surface area contributed by atoms with Crippen molar-refractivity contribution in [3.05, 3.63) is 72.7 Å². The third kappa shape index (κ3) is 2.58. The lowest BCUT2D eigenvalue weighted by atomic mass is 10.2. The number of nitrogens with zero attached hydrogens (tertiary/aromatic N) is 3. The summed E-state index contributed by atoms with van der Waals surface area (Å²) in [5, 5.41) is 4.76. The number of aromatic amines is 1. The van der Waals surface area contributed by atoms with E-state index >= 15 is 0 Å². The van der Waals surface area contributed by atoms with Crippen LogP contribution in [0.5, 0.6) is 0 Å². The molecule has 1 N–H and O–H groups in total. The lowest BCUT2D eigenvalue weighted by Gasteiger charge is -2.01. The molecule has 0 atom stereocenters. The van der Waals surface area contributed by atoms with Crippen molar-refractivity contribution in [3.8, 4) is 0 Å². The van der Waals surface area contributed by atoms with Gasteiger partial charge in [-0.15, -0.1) is 11.3 Å². The summed E-state index contributed by atoms with van der Waals surface area (Å²) in [6.07, 6.45) is 3.37. The second-order valence-corrected chi connectivity index (χ2v) is 6.90. The van der Waals surface area contributed by atoms with Gasteiger partial charge in [-0.25, -0.2) is 4.98 Å². The number of rotatable bonds is 2. The predicted molar refractivity (Wildman–Crippen MR) is 100 cm³/mol. The Kier molecular flexibility index (Phi) is 3.58. The van der Waals surface area contributed by atoms with Gasteiger partial charge >= 0.3 is 0 Å². The maximum absolute atomic E-state index is 12.8. The van der Waals surface area contributed by atoms with Crippen LogP contribution in [0.1, 0.15) is 21.7 Å². The minimum atomic E-state index is -0.386. The molecular formula is C18H14N4O2S. The number of aryl methyl sites for hydroxylation is 2. The quantitative estimate of drug-likeness (QED) is 0.603. The SMILES string of the molecule is Cc1sc2nc3[nH]c(=O)c(/C=C/c4ccccc4)nn3c(=O)c2c1C. The average molecular weight is 350 g/mol. The van der Waals surface area contributed by atoms with Gasteiger partial charge < -0.3 is 0 Å². The largest absolute Gasteiger partial charge is 0.289 e. The molecule has 0 spiro atoms. The summed E-state index contributed by atoms with van der Waals surface area (Å²) in [6.45, 7) is 3.84. The number of benzene rings is 1. The van der Waals surface area contributed by atoms with Gasteiger partial charge in [-0.05, 0) is 31.1 Å². The summed E-state index contributed by atoms with van der Waals surface area (Å²) in [7, 11) is 0. The van der Waals surface area contributed by atoms with Gasteiger partial charge in [0.2, 0.25) is 5.78 Å². The maximum Gasteiger partial charge on any atom is 0.284 e. The Morgan fingerprint density at radius 1 is 1.12 bits per heavy atom. The van der Waals surface area contributed by atoms with E-state index in [0.717, 1.165) is 20.5 Å². The molecule has 0 aliphatic carbocycles. The predicted octanol–water partition coefficient (Wildman–Crippen LogP) is 2.78. The van der Waals surface area contributed by atoms with Crippen LogP contribution in [0.2, 0.25) is 0 Å². The molecule has 0 saturated heterocycles. The van der Waals surface area contributed by atoms with Gasteiger partial charge in [-0.1, -0.05) is 36.4 Å². The van der Waals surface area contributed by atoms with Gasteiger partial charge in [-0.2, -0.15) is 9.61 Å². The highest BCUT2D eigenvalue weighted by molar-refractivity contribution is 7.18. The third-order valence-electron chi connectivity index (χ3n) is 4.08. The minimum Gasteiger partial charge on any atom is -0.289 e. The molecule has 0 amide bonds. The van der Waals surface area contributed by atoms with Crippen LogP contribution in [-0.4, -0.2) is 19.6 Å². The fourth-order valence-electron chi connectivity index (χ4n) is 2.63. The summed E-state index contributed by atoms with van der Waals surface area (Å²) in [4.78, 5) is 33.7. The van der Waals surface area contributed by atoms with Crippen molar-refractivity contribution in [1.29, 1.82) is 0 Å². The van der Waals surface area contributed by atoms with E-state index in [-0.39, 0.29) is 22.6 Å². The first kappa shape index (κ1) is 15.5. The zero-order valence-electron chi connectivity index (χ0n) is 13.6. The Bertz CT molecular complexity index is 1250. The van der Waals surface area contributed by atoms with Crippen molar-refractivity contribution in [2.45, 2.75) is 13.8 Å². The van der Waals surface area contributed by atoms with Gasteiger partial charge in [0.25, 0.3) is 11.1 Å². The molecule has 0 aliphatic heterocycles. The number of thiophene rings is 1. The third-order valence-corrected chi connectivity index (χ3v) is 5.18. The molecule has 1 aromatic carbocycles. The molecule has 3 aromatic heterocycles. The van der Waals surface area contributed by atoms with Gasteiger partial charge in [0, 0.05) is 4.88 Å². The molecule has 0 radical (unpaired) electrons. The van der Waals surface area contributed by atoms with Crippen LogP contribution < -0.4 is 11.1 Å². The van der Waals surface area contributed by atoms with Gasteiger partial charge in [-0.3, -0.25) is 14.6 Å². The second kappa shape index (κ2) is 5.78. The van der Waals surface area contributed by atoms with E-state index in [9.17, 15) is 9.59 Å². The van der Waals surface area contributed by atoms with Crippen LogP contribution in [0.3, 0.4) is 0 Å². The second-order valence-electron chi connectivity index (χ2n) is 5.70. The van der Waals surface area contributed by atoms with E-state index < -0.39 is 0 Å². The fraction of sp³-hybridized carbons (Fsp3) is 0.111. The molecule has 3 heterocycles. The van der Waals surface area contributed by atoms with Crippen molar-refractivity contribution >= 4 is 39.5 Å². The number of hydrogen-bond acceptors (Lipinski definition) is 5. The van der Waals surface area contributed by atoms with E-state index in [1.54, 1.807) is 12.2 Å². The first-order valence-electron chi connectivity index (χ1n) is 7.71. The van der Waals surface area contributed by atoms with Crippen molar-refractivity contribution in [2.24, 2.45) is 0 Å². The number of hydrogen-bond donors (Lipinski definition) is 1. The molecule has 0 bridgehead atoms. The van der Waals surface area contributed by atoms with Crippen LogP contribution in [0, 0.1) is 13.8 Å². The highest BCUT2D eigenvalue weighted by Gasteiger charge is 2.14. The first-order chi connectivity index (χ1) is 12.0. The van der Waals surface area contributed by atoms with E-state index in [4.69, 9.17) is 0 Å². The molecule has 0 aliphatic rings. The van der Waals surface area contributed by atoms with Crippen molar-refractivity contribution in [1.82, 2.24) is 19.6 Å². The molecule has 0 fully saturated rings.